The topological polar surface area (TPSA) is 29.3 Å². The van der Waals surface area contributed by atoms with Gasteiger partial charge in [-0.1, -0.05) is 6.42 Å². The van der Waals surface area contributed by atoms with E-state index in [1.54, 1.807) is 0 Å². The van der Waals surface area contributed by atoms with Crippen molar-refractivity contribution in [3.05, 3.63) is 0 Å². The Morgan fingerprint density at radius 3 is 2.54 bits per heavy atom. The Morgan fingerprint density at radius 2 is 2.00 bits per heavy atom. The molecular weight excluding hydrogens is 160 g/mol. The van der Waals surface area contributed by atoms with Gasteiger partial charge >= 0.3 is 0 Å². The number of likely N-dealkylation sites (tertiary alicyclic amines) is 1. The third-order valence-corrected chi connectivity index (χ3v) is 3.90. The van der Waals surface area contributed by atoms with Gasteiger partial charge in [-0.15, -0.1) is 0 Å². The second-order valence-electron chi connectivity index (χ2n) is 4.81. The minimum Gasteiger partial charge on any atom is -0.330 e. The molecule has 1 saturated heterocycles. The molecule has 2 unspecified atom stereocenters. The number of nitrogens with zero attached hydrogens (tertiary/aromatic N) is 1. The van der Waals surface area contributed by atoms with Crippen LogP contribution in [-0.4, -0.2) is 30.1 Å². The quantitative estimate of drug-likeness (QED) is 0.703. The van der Waals surface area contributed by atoms with Crippen LogP contribution in [0.4, 0.5) is 0 Å². The van der Waals surface area contributed by atoms with Crippen LogP contribution in [0.5, 0.6) is 0 Å². The zero-order valence-corrected chi connectivity index (χ0v) is 8.71. The molecule has 0 aromatic heterocycles. The summed E-state index contributed by atoms with van der Waals surface area (Å²) in [4.78, 5) is 2.71. The fraction of sp³-hybridized carbons (Fsp3) is 1.00. The number of piperidine rings is 1. The van der Waals surface area contributed by atoms with Crippen molar-refractivity contribution < 1.29 is 0 Å². The lowest BCUT2D eigenvalue weighted by molar-refractivity contribution is 0.0368. The average molecular weight is 182 g/mol. The molecule has 0 aromatic rings. The van der Waals surface area contributed by atoms with Crippen LogP contribution in [0.15, 0.2) is 0 Å². The highest BCUT2D eigenvalue weighted by molar-refractivity contribution is 4.88. The molecule has 2 heteroatoms. The highest BCUT2D eigenvalue weighted by Gasteiger charge is 2.32. The van der Waals surface area contributed by atoms with Crippen molar-refractivity contribution in [2.75, 3.05) is 13.1 Å². The standard InChI is InChI=1S/C11H22N2/c1-9-5-6-10(7-12)8-13(9)11-3-2-4-11/h9-11H,2-8,12H2,1H3. The van der Waals surface area contributed by atoms with Crippen LogP contribution in [0.25, 0.3) is 0 Å². The van der Waals surface area contributed by atoms with Gasteiger partial charge < -0.3 is 5.73 Å². The first-order valence-electron chi connectivity index (χ1n) is 5.77. The van der Waals surface area contributed by atoms with Gasteiger partial charge in [-0.2, -0.15) is 0 Å². The van der Waals surface area contributed by atoms with Gasteiger partial charge in [0.1, 0.15) is 0 Å². The number of nitrogens with two attached hydrogens (primary N) is 1. The molecule has 0 radical (unpaired) electrons. The lowest BCUT2D eigenvalue weighted by Crippen LogP contribution is -2.51. The minimum absolute atomic E-state index is 0.775. The first-order valence-corrected chi connectivity index (χ1v) is 5.77. The highest BCUT2D eigenvalue weighted by Crippen LogP contribution is 2.31. The van der Waals surface area contributed by atoms with Crippen molar-refractivity contribution in [1.29, 1.82) is 0 Å². The fourth-order valence-electron chi connectivity index (χ4n) is 2.63. The molecule has 1 aliphatic heterocycles. The van der Waals surface area contributed by atoms with E-state index in [0.717, 1.165) is 24.5 Å². The summed E-state index contributed by atoms with van der Waals surface area (Å²) in [5, 5.41) is 0. The smallest absolute Gasteiger partial charge is 0.00982 e. The third-order valence-electron chi connectivity index (χ3n) is 3.90. The van der Waals surface area contributed by atoms with Crippen LogP contribution in [0, 0.1) is 5.92 Å². The van der Waals surface area contributed by atoms with Gasteiger partial charge in [0, 0.05) is 18.6 Å². The largest absolute Gasteiger partial charge is 0.330 e. The van der Waals surface area contributed by atoms with Gasteiger partial charge in [-0.05, 0) is 45.1 Å². The summed E-state index contributed by atoms with van der Waals surface area (Å²) in [7, 11) is 0. The van der Waals surface area contributed by atoms with Crippen molar-refractivity contribution in [3.8, 4) is 0 Å². The first-order chi connectivity index (χ1) is 6.31. The molecule has 0 spiro atoms. The first kappa shape index (κ1) is 9.47. The second-order valence-corrected chi connectivity index (χ2v) is 4.81. The second kappa shape index (κ2) is 3.97. The van der Waals surface area contributed by atoms with Gasteiger partial charge in [0.2, 0.25) is 0 Å². The van der Waals surface area contributed by atoms with Crippen LogP contribution < -0.4 is 5.73 Å². The van der Waals surface area contributed by atoms with Crippen molar-refractivity contribution in [2.45, 2.75) is 51.1 Å². The summed E-state index contributed by atoms with van der Waals surface area (Å²) in [6, 6.07) is 1.72. The highest BCUT2D eigenvalue weighted by atomic mass is 15.2. The van der Waals surface area contributed by atoms with Crippen molar-refractivity contribution in [2.24, 2.45) is 11.7 Å². The van der Waals surface area contributed by atoms with E-state index in [1.165, 1.54) is 38.6 Å². The van der Waals surface area contributed by atoms with E-state index in [9.17, 15) is 0 Å². The summed E-state index contributed by atoms with van der Waals surface area (Å²) in [6.07, 6.45) is 7.02. The number of hydrogen-bond donors (Lipinski definition) is 1. The Kier molecular flexibility index (Phi) is 2.89. The van der Waals surface area contributed by atoms with Gasteiger partial charge in [0.05, 0.1) is 0 Å². The van der Waals surface area contributed by atoms with Crippen LogP contribution in [0.3, 0.4) is 0 Å². The fourth-order valence-corrected chi connectivity index (χ4v) is 2.63. The zero-order valence-electron chi connectivity index (χ0n) is 8.71. The molecule has 13 heavy (non-hydrogen) atoms. The molecule has 2 rings (SSSR count). The predicted octanol–water partition coefficient (Wildman–Crippen LogP) is 1.60. The lowest BCUT2D eigenvalue weighted by atomic mass is 9.85. The van der Waals surface area contributed by atoms with Crippen molar-refractivity contribution >= 4 is 0 Å². The maximum Gasteiger partial charge on any atom is 0.00982 e. The summed E-state index contributed by atoms with van der Waals surface area (Å²) in [6.45, 7) is 4.53. The molecule has 2 aliphatic rings. The Morgan fingerprint density at radius 1 is 1.23 bits per heavy atom. The third kappa shape index (κ3) is 1.89. The molecule has 0 bridgehead atoms. The molecule has 2 fully saturated rings. The molecule has 0 amide bonds. The van der Waals surface area contributed by atoms with Crippen molar-refractivity contribution in [3.63, 3.8) is 0 Å². The molecule has 0 aromatic carbocycles. The van der Waals surface area contributed by atoms with Crippen LogP contribution >= 0.6 is 0 Å². The Balaban J connectivity index is 1.90. The Labute approximate surface area is 81.5 Å². The summed E-state index contributed by atoms with van der Waals surface area (Å²) in [5.41, 5.74) is 5.74. The number of hydrogen-bond acceptors (Lipinski definition) is 2. The van der Waals surface area contributed by atoms with Crippen LogP contribution in [-0.2, 0) is 0 Å². The van der Waals surface area contributed by atoms with Gasteiger partial charge in [0.25, 0.3) is 0 Å². The Hall–Kier alpha value is -0.0800. The molecular formula is C11H22N2. The van der Waals surface area contributed by atoms with E-state index in [0.29, 0.717) is 0 Å². The predicted molar refractivity (Wildman–Crippen MR) is 55.6 cm³/mol. The molecule has 76 valence electrons. The van der Waals surface area contributed by atoms with Gasteiger partial charge in [0.15, 0.2) is 0 Å². The normalized spacial score (nSPS) is 37.4. The van der Waals surface area contributed by atoms with E-state index in [1.807, 2.05) is 0 Å². The lowest BCUT2D eigenvalue weighted by Gasteiger charge is -2.46. The monoisotopic (exact) mass is 182 g/mol. The van der Waals surface area contributed by atoms with E-state index >= 15 is 0 Å². The number of rotatable bonds is 2. The van der Waals surface area contributed by atoms with E-state index in [2.05, 4.69) is 11.8 Å². The molecule has 1 saturated carbocycles. The summed E-state index contributed by atoms with van der Waals surface area (Å²) in [5.74, 6) is 0.775. The minimum atomic E-state index is 0.775. The molecule has 2 N–H and O–H groups in total. The van der Waals surface area contributed by atoms with E-state index in [-0.39, 0.29) is 0 Å². The van der Waals surface area contributed by atoms with E-state index < -0.39 is 0 Å². The maximum atomic E-state index is 5.74. The molecule has 1 heterocycles. The zero-order chi connectivity index (χ0) is 9.26. The summed E-state index contributed by atoms with van der Waals surface area (Å²) < 4.78 is 0. The molecule has 1 aliphatic carbocycles. The maximum absolute atomic E-state index is 5.74. The average Bonchev–Trinajstić information content (AvgIpc) is 2.06. The van der Waals surface area contributed by atoms with Crippen LogP contribution in [0.1, 0.15) is 39.0 Å². The summed E-state index contributed by atoms with van der Waals surface area (Å²) >= 11 is 0. The van der Waals surface area contributed by atoms with Gasteiger partial charge in [-0.25, -0.2) is 0 Å². The molecule has 2 nitrogen and oxygen atoms in total. The van der Waals surface area contributed by atoms with Crippen LogP contribution in [0.2, 0.25) is 0 Å². The SMILES string of the molecule is CC1CCC(CN)CN1C1CCC1. The molecule has 2 atom stereocenters. The van der Waals surface area contributed by atoms with E-state index in [4.69, 9.17) is 5.73 Å². The van der Waals surface area contributed by atoms with Crippen molar-refractivity contribution in [1.82, 2.24) is 4.90 Å². The Bertz CT molecular complexity index is 163. The van der Waals surface area contributed by atoms with Gasteiger partial charge in [-0.3, -0.25) is 4.90 Å².